The van der Waals surface area contributed by atoms with Gasteiger partial charge in [0.2, 0.25) is 0 Å². The van der Waals surface area contributed by atoms with Crippen molar-refractivity contribution in [3.8, 4) is 0 Å². The lowest BCUT2D eigenvalue weighted by Gasteiger charge is -2.23. The first-order chi connectivity index (χ1) is 8.18. The van der Waals surface area contributed by atoms with Crippen LogP contribution >= 0.6 is 0 Å². The lowest BCUT2D eigenvalue weighted by atomic mass is 10.0. The SMILES string of the molecule is Cc1cnn(C)c1C(O)CCC1CCCCO1. The van der Waals surface area contributed by atoms with Gasteiger partial charge in [-0.15, -0.1) is 0 Å². The lowest BCUT2D eigenvalue weighted by molar-refractivity contribution is 0.00155. The molecule has 1 aliphatic heterocycles. The lowest BCUT2D eigenvalue weighted by Crippen LogP contribution is -2.20. The molecule has 2 rings (SSSR count). The van der Waals surface area contributed by atoms with Crippen LogP contribution in [0.5, 0.6) is 0 Å². The summed E-state index contributed by atoms with van der Waals surface area (Å²) in [6.45, 7) is 2.87. The molecule has 96 valence electrons. The van der Waals surface area contributed by atoms with Crippen molar-refractivity contribution in [2.45, 2.75) is 51.2 Å². The topological polar surface area (TPSA) is 47.3 Å². The molecule has 1 aromatic heterocycles. The molecule has 2 atom stereocenters. The Morgan fingerprint density at radius 2 is 2.41 bits per heavy atom. The van der Waals surface area contributed by atoms with Gasteiger partial charge in [0.25, 0.3) is 0 Å². The standard InChI is InChI=1S/C13H22N2O2/c1-10-9-14-15(2)13(10)12(16)7-6-11-5-3-4-8-17-11/h9,11-12,16H,3-8H2,1-2H3. The molecular weight excluding hydrogens is 216 g/mol. The summed E-state index contributed by atoms with van der Waals surface area (Å²) in [4.78, 5) is 0. The van der Waals surface area contributed by atoms with Gasteiger partial charge in [0.1, 0.15) is 0 Å². The summed E-state index contributed by atoms with van der Waals surface area (Å²) in [6, 6.07) is 0. The molecule has 0 bridgehead atoms. The van der Waals surface area contributed by atoms with Gasteiger partial charge in [-0.25, -0.2) is 0 Å². The molecule has 0 amide bonds. The molecule has 2 unspecified atom stereocenters. The van der Waals surface area contributed by atoms with Crippen molar-refractivity contribution >= 4 is 0 Å². The average Bonchev–Trinajstić information content (AvgIpc) is 2.67. The molecule has 4 nitrogen and oxygen atoms in total. The fourth-order valence-electron chi connectivity index (χ4n) is 2.55. The number of aliphatic hydroxyl groups is 1. The van der Waals surface area contributed by atoms with Gasteiger partial charge in [0.05, 0.1) is 24.1 Å². The average molecular weight is 238 g/mol. The molecule has 0 aromatic carbocycles. The van der Waals surface area contributed by atoms with Crippen molar-refractivity contribution in [3.63, 3.8) is 0 Å². The largest absolute Gasteiger partial charge is 0.387 e. The molecule has 1 fully saturated rings. The highest BCUT2D eigenvalue weighted by atomic mass is 16.5. The summed E-state index contributed by atoms with van der Waals surface area (Å²) in [7, 11) is 1.88. The summed E-state index contributed by atoms with van der Waals surface area (Å²) < 4.78 is 7.44. The maximum atomic E-state index is 10.2. The van der Waals surface area contributed by atoms with E-state index in [0.29, 0.717) is 6.10 Å². The third-order valence-corrected chi connectivity index (χ3v) is 3.53. The van der Waals surface area contributed by atoms with Crippen LogP contribution in [-0.2, 0) is 11.8 Å². The van der Waals surface area contributed by atoms with Crippen molar-refractivity contribution in [1.29, 1.82) is 0 Å². The monoisotopic (exact) mass is 238 g/mol. The van der Waals surface area contributed by atoms with E-state index >= 15 is 0 Å². The minimum Gasteiger partial charge on any atom is -0.387 e. The molecule has 1 aliphatic rings. The van der Waals surface area contributed by atoms with Crippen molar-refractivity contribution < 1.29 is 9.84 Å². The second-order valence-electron chi connectivity index (χ2n) is 4.92. The molecular formula is C13H22N2O2. The highest BCUT2D eigenvalue weighted by molar-refractivity contribution is 5.17. The van der Waals surface area contributed by atoms with E-state index in [-0.39, 0.29) is 0 Å². The summed E-state index contributed by atoms with van der Waals surface area (Å²) in [6.07, 6.45) is 6.98. The second kappa shape index (κ2) is 5.65. The number of nitrogens with zero attached hydrogens (tertiary/aromatic N) is 2. The summed E-state index contributed by atoms with van der Waals surface area (Å²) in [5.41, 5.74) is 1.99. The highest BCUT2D eigenvalue weighted by Crippen LogP contribution is 2.25. The Balaban J connectivity index is 1.86. The number of aliphatic hydroxyl groups excluding tert-OH is 1. The van der Waals surface area contributed by atoms with Crippen LogP contribution in [0.2, 0.25) is 0 Å². The van der Waals surface area contributed by atoms with Gasteiger partial charge in [0, 0.05) is 13.7 Å². The Bertz CT molecular complexity index is 337. The van der Waals surface area contributed by atoms with Crippen LogP contribution in [0, 0.1) is 6.92 Å². The minimum atomic E-state index is -0.423. The Hall–Kier alpha value is -0.870. The number of ether oxygens (including phenoxy) is 1. The molecule has 17 heavy (non-hydrogen) atoms. The fraction of sp³-hybridized carbons (Fsp3) is 0.769. The Morgan fingerprint density at radius 3 is 3.00 bits per heavy atom. The van der Waals surface area contributed by atoms with E-state index in [1.807, 2.05) is 14.0 Å². The van der Waals surface area contributed by atoms with E-state index in [9.17, 15) is 5.11 Å². The Morgan fingerprint density at radius 1 is 1.59 bits per heavy atom. The molecule has 1 N–H and O–H groups in total. The molecule has 2 heterocycles. The van der Waals surface area contributed by atoms with Crippen LogP contribution in [0.15, 0.2) is 6.20 Å². The predicted molar refractivity (Wildman–Crippen MR) is 65.7 cm³/mol. The molecule has 0 radical (unpaired) electrons. The van der Waals surface area contributed by atoms with Gasteiger partial charge in [-0.2, -0.15) is 5.10 Å². The van der Waals surface area contributed by atoms with E-state index < -0.39 is 6.10 Å². The van der Waals surface area contributed by atoms with E-state index in [4.69, 9.17) is 4.74 Å². The van der Waals surface area contributed by atoms with E-state index in [0.717, 1.165) is 37.1 Å². The number of hydrogen-bond donors (Lipinski definition) is 1. The summed E-state index contributed by atoms with van der Waals surface area (Å²) >= 11 is 0. The van der Waals surface area contributed by atoms with Gasteiger partial charge < -0.3 is 9.84 Å². The first-order valence-electron chi connectivity index (χ1n) is 6.46. The third kappa shape index (κ3) is 3.07. The summed E-state index contributed by atoms with van der Waals surface area (Å²) in [5, 5.41) is 14.3. The van der Waals surface area contributed by atoms with E-state index in [1.165, 1.54) is 12.8 Å². The molecule has 0 saturated carbocycles. The zero-order valence-electron chi connectivity index (χ0n) is 10.7. The van der Waals surface area contributed by atoms with E-state index in [2.05, 4.69) is 5.10 Å². The van der Waals surface area contributed by atoms with Crippen molar-refractivity contribution in [3.05, 3.63) is 17.5 Å². The Kier molecular flexibility index (Phi) is 4.18. The zero-order chi connectivity index (χ0) is 12.3. The second-order valence-corrected chi connectivity index (χ2v) is 4.92. The van der Waals surface area contributed by atoms with Crippen molar-refractivity contribution in [2.75, 3.05) is 6.61 Å². The smallest absolute Gasteiger partial charge is 0.0960 e. The predicted octanol–water partition coefficient (Wildman–Crippen LogP) is 2.11. The zero-order valence-corrected chi connectivity index (χ0v) is 10.7. The van der Waals surface area contributed by atoms with E-state index in [1.54, 1.807) is 10.9 Å². The van der Waals surface area contributed by atoms with Gasteiger partial charge in [-0.1, -0.05) is 0 Å². The maximum Gasteiger partial charge on any atom is 0.0960 e. The van der Waals surface area contributed by atoms with Crippen molar-refractivity contribution in [2.24, 2.45) is 7.05 Å². The van der Waals surface area contributed by atoms with Gasteiger partial charge in [0.15, 0.2) is 0 Å². The number of hydrogen-bond acceptors (Lipinski definition) is 3. The molecule has 1 saturated heterocycles. The highest BCUT2D eigenvalue weighted by Gasteiger charge is 2.19. The third-order valence-electron chi connectivity index (χ3n) is 3.53. The normalized spacial score (nSPS) is 22.6. The van der Waals surface area contributed by atoms with Crippen LogP contribution in [0.3, 0.4) is 0 Å². The molecule has 4 heteroatoms. The maximum absolute atomic E-state index is 10.2. The molecule has 1 aromatic rings. The first kappa shape index (κ1) is 12.6. The van der Waals surface area contributed by atoms with Crippen LogP contribution in [-0.4, -0.2) is 27.6 Å². The van der Waals surface area contributed by atoms with Gasteiger partial charge in [-0.05, 0) is 44.6 Å². The van der Waals surface area contributed by atoms with Crippen LogP contribution < -0.4 is 0 Å². The molecule has 0 spiro atoms. The van der Waals surface area contributed by atoms with Crippen LogP contribution in [0.4, 0.5) is 0 Å². The Labute approximate surface area is 103 Å². The number of rotatable bonds is 4. The van der Waals surface area contributed by atoms with Crippen LogP contribution in [0.25, 0.3) is 0 Å². The van der Waals surface area contributed by atoms with Gasteiger partial charge in [-0.3, -0.25) is 4.68 Å². The number of aryl methyl sites for hydroxylation is 2. The quantitative estimate of drug-likeness (QED) is 0.874. The van der Waals surface area contributed by atoms with Crippen molar-refractivity contribution in [1.82, 2.24) is 9.78 Å². The summed E-state index contributed by atoms with van der Waals surface area (Å²) in [5.74, 6) is 0. The van der Waals surface area contributed by atoms with Crippen LogP contribution in [0.1, 0.15) is 49.5 Å². The first-order valence-corrected chi connectivity index (χ1v) is 6.46. The fourth-order valence-corrected chi connectivity index (χ4v) is 2.55. The number of aromatic nitrogens is 2. The minimum absolute atomic E-state index is 0.340. The molecule has 0 aliphatic carbocycles. The van der Waals surface area contributed by atoms with Gasteiger partial charge >= 0.3 is 0 Å².